The van der Waals surface area contributed by atoms with Crippen molar-refractivity contribution >= 4 is 23.1 Å². The highest BCUT2D eigenvalue weighted by Crippen LogP contribution is 2.36. The zero-order chi connectivity index (χ0) is 22.2. The molecule has 8 nitrogen and oxygen atoms in total. The maximum absolute atomic E-state index is 12.0. The van der Waals surface area contributed by atoms with Gasteiger partial charge in [0.25, 0.3) is 5.91 Å². The molecule has 2 saturated carbocycles. The minimum atomic E-state index is -0.490. The summed E-state index contributed by atoms with van der Waals surface area (Å²) in [5, 5.41) is 13.7. The molecule has 0 aliphatic heterocycles. The highest BCUT2D eigenvalue weighted by atomic mass is 16.2. The lowest BCUT2D eigenvalue weighted by molar-refractivity contribution is 0.100. The average molecular weight is 433 g/mol. The van der Waals surface area contributed by atoms with E-state index in [0.29, 0.717) is 24.1 Å². The van der Waals surface area contributed by atoms with Crippen molar-refractivity contribution in [2.75, 3.05) is 5.32 Å². The van der Waals surface area contributed by atoms with Gasteiger partial charge in [0.15, 0.2) is 0 Å². The number of amides is 3. The summed E-state index contributed by atoms with van der Waals surface area (Å²) in [5.41, 5.74) is 10.6. The number of aromatic nitrogens is 2. The summed E-state index contributed by atoms with van der Waals surface area (Å²) in [6.07, 6.45) is 8.03. The van der Waals surface area contributed by atoms with Crippen LogP contribution in [0.25, 0.3) is 16.6 Å². The maximum atomic E-state index is 12.0. The van der Waals surface area contributed by atoms with Gasteiger partial charge in [-0.1, -0.05) is 24.3 Å². The summed E-state index contributed by atoms with van der Waals surface area (Å²) in [6.45, 7) is 2.62. The van der Waals surface area contributed by atoms with Gasteiger partial charge < -0.3 is 21.7 Å². The quantitative estimate of drug-likeness (QED) is 0.437. The van der Waals surface area contributed by atoms with Crippen LogP contribution in [-0.2, 0) is 6.54 Å². The Morgan fingerprint density at radius 3 is 2.56 bits per heavy atom. The van der Waals surface area contributed by atoms with E-state index in [1.807, 2.05) is 36.5 Å². The molecule has 1 atom stereocenters. The number of nitrogens with two attached hydrogens (primary N) is 1. The largest absolute Gasteiger partial charge is 0.380 e. The summed E-state index contributed by atoms with van der Waals surface area (Å²) >= 11 is 0. The summed E-state index contributed by atoms with van der Waals surface area (Å²) in [7, 11) is 0. The number of anilines is 1. The maximum Gasteiger partial charge on any atom is 0.315 e. The normalized spacial score (nSPS) is 16.5. The van der Waals surface area contributed by atoms with Crippen LogP contribution in [0.3, 0.4) is 0 Å². The lowest BCUT2D eigenvalue weighted by Crippen LogP contribution is -2.36. The first-order chi connectivity index (χ1) is 15.5. The van der Waals surface area contributed by atoms with Crippen LogP contribution in [0.1, 0.15) is 48.5 Å². The summed E-state index contributed by atoms with van der Waals surface area (Å²) in [4.78, 5) is 23.8. The second-order valence-electron chi connectivity index (χ2n) is 8.92. The third kappa shape index (κ3) is 4.39. The number of rotatable bonds is 8. The highest BCUT2D eigenvalue weighted by molar-refractivity contribution is 6.02. The Morgan fingerprint density at radius 2 is 1.91 bits per heavy atom. The zero-order valence-electron chi connectivity index (χ0n) is 18.1. The van der Waals surface area contributed by atoms with Crippen molar-refractivity contribution in [3.63, 3.8) is 0 Å². The number of carbonyl (C=O) groups excluding carboxylic acids is 2. The smallest absolute Gasteiger partial charge is 0.315 e. The van der Waals surface area contributed by atoms with Gasteiger partial charge in [-0.15, -0.1) is 0 Å². The number of nitrogens with zero attached hydrogens (tertiary/aromatic N) is 2. The van der Waals surface area contributed by atoms with Gasteiger partial charge >= 0.3 is 6.03 Å². The molecule has 3 aromatic rings. The Balaban J connectivity index is 1.36. The van der Waals surface area contributed by atoms with E-state index in [1.54, 1.807) is 4.52 Å². The van der Waals surface area contributed by atoms with E-state index in [1.165, 1.54) is 19.0 Å². The standard InChI is InChI=1S/C24H28N6O2/c1-14(16-6-7-16)28-22-20(23(25)31)12-27-30-13-18(10-21(22)30)17-4-2-15(3-5-17)11-26-24(32)29-19-8-9-19/h2-5,10,12-14,16,19,28H,6-9,11H2,1H3,(H2,25,31)(H2,26,29,32)/t14-/m1/s1. The number of fused-ring (bicyclic) bond motifs is 1. The van der Waals surface area contributed by atoms with Crippen molar-refractivity contribution in [1.82, 2.24) is 20.2 Å². The molecule has 2 aliphatic rings. The Kier molecular flexibility index (Phi) is 5.20. The molecule has 0 spiro atoms. The topological polar surface area (TPSA) is 114 Å². The first-order valence-corrected chi connectivity index (χ1v) is 11.2. The first kappa shape index (κ1) is 20.4. The molecule has 2 aromatic heterocycles. The van der Waals surface area contributed by atoms with Gasteiger partial charge in [0.1, 0.15) is 0 Å². The summed E-state index contributed by atoms with van der Waals surface area (Å²) in [5.74, 6) is 0.140. The van der Waals surface area contributed by atoms with Crippen molar-refractivity contribution in [3.05, 3.63) is 53.9 Å². The molecule has 166 valence electrons. The van der Waals surface area contributed by atoms with Gasteiger partial charge in [0.05, 0.1) is 23.0 Å². The van der Waals surface area contributed by atoms with Crippen LogP contribution in [-0.4, -0.2) is 33.6 Å². The summed E-state index contributed by atoms with van der Waals surface area (Å²) in [6, 6.07) is 10.6. The van der Waals surface area contributed by atoms with Crippen molar-refractivity contribution in [3.8, 4) is 11.1 Å². The molecular formula is C24H28N6O2. The van der Waals surface area contributed by atoms with Gasteiger partial charge in [-0.25, -0.2) is 9.31 Å². The van der Waals surface area contributed by atoms with Gasteiger partial charge in [0, 0.05) is 30.4 Å². The SMILES string of the molecule is C[C@@H](Nc1c(C(N)=O)cnn2cc(-c3ccc(CNC(=O)NC4CC4)cc3)cc12)C1CC1. The lowest BCUT2D eigenvalue weighted by Gasteiger charge is -2.17. The molecule has 2 heterocycles. The van der Waals surface area contributed by atoms with E-state index >= 15 is 0 Å². The molecule has 5 rings (SSSR count). The van der Waals surface area contributed by atoms with Gasteiger partial charge in [-0.05, 0) is 55.7 Å². The number of carbonyl (C=O) groups is 2. The lowest BCUT2D eigenvalue weighted by atomic mass is 10.1. The highest BCUT2D eigenvalue weighted by Gasteiger charge is 2.29. The van der Waals surface area contributed by atoms with E-state index in [9.17, 15) is 9.59 Å². The van der Waals surface area contributed by atoms with Gasteiger partial charge in [-0.2, -0.15) is 5.10 Å². The van der Waals surface area contributed by atoms with Crippen molar-refractivity contribution < 1.29 is 9.59 Å². The molecule has 2 fully saturated rings. The molecule has 0 radical (unpaired) electrons. The van der Waals surface area contributed by atoms with Crippen molar-refractivity contribution in [2.24, 2.45) is 11.7 Å². The zero-order valence-corrected chi connectivity index (χ0v) is 18.1. The van der Waals surface area contributed by atoms with E-state index in [2.05, 4.69) is 28.0 Å². The molecule has 3 amide bonds. The Hall–Kier alpha value is -3.55. The third-order valence-corrected chi connectivity index (χ3v) is 6.26. The van der Waals surface area contributed by atoms with E-state index in [4.69, 9.17) is 5.73 Å². The second-order valence-corrected chi connectivity index (χ2v) is 8.92. The third-order valence-electron chi connectivity index (χ3n) is 6.26. The molecular weight excluding hydrogens is 404 g/mol. The number of urea groups is 1. The van der Waals surface area contributed by atoms with Crippen LogP contribution in [0.15, 0.2) is 42.7 Å². The van der Waals surface area contributed by atoms with Crippen LogP contribution in [0, 0.1) is 5.92 Å². The van der Waals surface area contributed by atoms with Crippen LogP contribution in [0.4, 0.5) is 10.5 Å². The number of primary amides is 1. The minimum absolute atomic E-state index is 0.118. The fourth-order valence-electron chi connectivity index (χ4n) is 3.96. The fourth-order valence-corrected chi connectivity index (χ4v) is 3.96. The molecule has 32 heavy (non-hydrogen) atoms. The van der Waals surface area contributed by atoms with Crippen molar-refractivity contribution in [2.45, 2.75) is 51.2 Å². The van der Waals surface area contributed by atoms with E-state index < -0.39 is 5.91 Å². The molecule has 8 heteroatoms. The molecule has 1 aromatic carbocycles. The Bertz CT molecular complexity index is 1160. The minimum Gasteiger partial charge on any atom is -0.380 e. The molecule has 0 saturated heterocycles. The second kappa shape index (κ2) is 8.18. The molecule has 0 bridgehead atoms. The van der Waals surface area contributed by atoms with Crippen LogP contribution in [0.5, 0.6) is 0 Å². The van der Waals surface area contributed by atoms with Crippen LogP contribution >= 0.6 is 0 Å². The fraction of sp³-hybridized carbons (Fsp3) is 0.375. The van der Waals surface area contributed by atoms with Crippen LogP contribution < -0.4 is 21.7 Å². The van der Waals surface area contributed by atoms with Crippen molar-refractivity contribution in [1.29, 1.82) is 0 Å². The predicted octanol–water partition coefficient (Wildman–Crippen LogP) is 3.27. The first-order valence-electron chi connectivity index (χ1n) is 11.2. The monoisotopic (exact) mass is 432 g/mol. The van der Waals surface area contributed by atoms with E-state index in [0.717, 1.165) is 40.7 Å². The number of benzene rings is 1. The molecule has 5 N–H and O–H groups in total. The Labute approximate surface area is 186 Å². The molecule has 0 unspecified atom stereocenters. The number of hydrogen-bond donors (Lipinski definition) is 4. The Morgan fingerprint density at radius 1 is 1.16 bits per heavy atom. The molecule has 2 aliphatic carbocycles. The average Bonchev–Trinajstić information content (AvgIpc) is 3.71. The number of nitrogens with one attached hydrogen (secondary N) is 3. The summed E-state index contributed by atoms with van der Waals surface area (Å²) < 4.78 is 1.78. The predicted molar refractivity (Wildman–Crippen MR) is 123 cm³/mol. The van der Waals surface area contributed by atoms with Gasteiger partial charge in [0.2, 0.25) is 0 Å². The van der Waals surface area contributed by atoms with Gasteiger partial charge in [-0.3, -0.25) is 4.79 Å². The van der Waals surface area contributed by atoms with Crippen LogP contribution in [0.2, 0.25) is 0 Å². The number of hydrogen-bond acceptors (Lipinski definition) is 4. The van der Waals surface area contributed by atoms with E-state index in [-0.39, 0.29) is 12.1 Å².